The van der Waals surface area contributed by atoms with Gasteiger partial charge in [0.05, 0.1) is 29.8 Å². The molecule has 0 bridgehead atoms. The molecule has 5 heteroatoms. The second-order valence-corrected chi connectivity index (χ2v) is 8.33. The Kier molecular flexibility index (Phi) is 5.78. The smallest absolute Gasteiger partial charge is 0.313 e. The van der Waals surface area contributed by atoms with Gasteiger partial charge in [-0.2, -0.15) is 0 Å². The van der Waals surface area contributed by atoms with Crippen molar-refractivity contribution >= 4 is 23.3 Å². The average molecular weight is 366 g/mol. The summed E-state index contributed by atoms with van der Waals surface area (Å²) in [5.41, 5.74) is 7.35. The molecule has 1 aromatic carbocycles. The van der Waals surface area contributed by atoms with Crippen molar-refractivity contribution < 1.29 is 14.3 Å². The highest BCUT2D eigenvalue weighted by Crippen LogP contribution is 2.38. The second kappa shape index (κ2) is 7.86. The van der Waals surface area contributed by atoms with Crippen LogP contribution in [0.4, 0.5) is 5.69 Å². The number of nitrogens with two attached hydrogens (primary N) is 1. The molecule has 0 aliphatic heterocycles. The van der Waals surface area contributed by atoms with Crippen molar-refractivity contribution in [2.45, 2.75) is 51.9 Å². The van der Waals surface area contributed by atoms with Gasteiger partial charge in [-0.15, -0.1) is 0 Å². The van der Waals surface area contributed by atoms with Gasteiger partial charge < -0.3 is 15.2 Å². The molecule has 0 radical (unpaired) electrons. The van der Waals surface area contributed by atoms with E-state index in [9.17, 15) is 4.79 Å². The van der Waals surface area contributed by atoms with Crippen molar-refractivity contribution in [3.63, 3.8) is 0 Å². The van der Waals surface area contributed by atoms with E-state index in [2.05, 4.69) is 13.8 Å². The monoisotopic (exact) mass is 365 g/mol. The lowest BCUT2D eigenvalue weighted by molar-refractivity contribution is -0.146. The highest BCUT2D eigenvalue weighted by atomic mass is 35.5. The van der Waals surface area contributed by atoms with Crippen molar-refractivity contribution in [2.75, 3.05) is 18.9 Å². The van der Waals surface area contributed by atoms with Crippen LogP contribution in [0.25, 0.3) is 0 Å². The molecule has 2 fully saturated rings. The quantitative estimate of drug-likeness (QED) is 0.504. The molecule has 138 valence electrons. The van der Waals surface area contributed by atoms with Crippen LogP contribution in [0.3, 0.4) is 0 Å². The number of anilines is 1. The molecule has 0 spiro atoms. The van der Waals surface area contributed by atoms with Crippen LogP contribution in [0.2, 0.25) is 5.02 Å². The number of halogens is 1. The van der Waals surface area contributed by atoms with E-state index in [1.807, 2.05) is 6.07 Å². The summed E-state index contributed by atoms with van der Waals surface area (Å²) in [5.74, 6) is 1.62. The number of benzene rings is 1. The van der Waals surface area contributed by atoms with Crippen LogP contribution < -0.4 is 10.5 Å². The zero-order valence-electron chi connectivity index (χ0n) is 15.1. The third-order valence-electron chi connectivity index (χ3n) is 4.84. The van der Waals surface area contributed by atoms with Crippen molar-refractivity contribution in [3.05, 3.63) is 22.7 Å². The van der Waals surface area contributed by atoms with Crippen molar-refractivity contribution in [2.24, 2.45) is 17.8 Å². The minimum Gasteiger partial charge on any atom is -0.491 e. The minimum atomic E-state index is -0.333. The fourth-order valence-corrected chi connectivity index (χ4v) is 3.07. The van der Waals surface area contributed by atoms with Gasteiger partial charge in [-0.05, 0) is 67.6 Å². The summed E-state index contributed by atoms with van der Waals surface area (Å²) in [4.78, 5) is 12.7. The van der Waals surface area contributed by atoms with E-state index < -0.39 is 0 Å². The van der Waals surface area contributed by atoms with E-state index in [4.69, 9.17) is 26.8 Å². The summed E-state index contributed by atoms with van der Waals surface area (Å²) in [6, 6.07) is 3.65. The molecule has 0 aromatic heterocycles. The molecule has 2 saturated carbocycles. The van der Waals surface area contributed by atoms with Gasteiger partial charge in [0.25, 0.3) is 0 Å². The van der Waals surface area contributed by atoms with Gasteiger partial charge in [0, 0.05) is 0 Å². The topological polar surface area (TPSA) is 61.5 Å². The number of carbonyl (C=O) groups excluding carboxylic acids is 1. The van der Waals surface area contributed by atoms with Gasteiger partial charge in [0.15, 0.2) is 0 Å². The Balaban J connectivity index is 1.78. The molecule has 0 amide bonds. The number of hydrogen-bond acceptors (Lipinski definition) is 4. The standard InChI is InChI=1S/C20H28ClNO3/c1-12(2)7-16(20(23)25-11-14-5-6-14)15-8-17(21)19(22)18(9-15)24-10-13-3-4-13/h8-9,12-14,16H,3-7,10-11,22H2,1-2H3. The van der Waals surface area contributed by atoms with E-state index in [1.165, 1.54) is 12.8 Å². The summed E-state index contributed by atoms with van der Waals surface area (Å²) in [5, 5.41) is 0.437. The highest BCUT2D eigenvalue weighted by molar-refractivity contribution is 6.33. The van der Waals surface area contributed by atoms with Crippen molar-refractivity contribution in [3.8, 4) is 5.75 Å². The van der Waals surface area contributed by atoms with Crippen LogP contribution in [0.5, 0.6) is 5.75 Å². The fourth-order valence-electron chi connectivity index (χ4n) is 2.85. The Bertz CT molecular complexity index is 624. The van der Waals surface area contributed by atoms with Crippen molar-refractivity contribution in [1.82, 2.24) is 0 Å². The zero-order valence-corrected chi connectivity index (χ0v) is 15.8. The third-order valence-corrected chi connectivity index (χ3v) is 5.15. The molecular formula is C20H28ClNO3. The molecule has 1 unspecified atom stereocenters. The van der Waals surface area contributed by atoms with E-state index in [1.54, 1.807) is 6.07 Å². The van der Waals surface area contributed by atoms with Crippen molar-refractivity contribution in [1.29, 1.82) is 0 Å². The normalized spacial score (nSPS) is 18.2. The molecule has 2 N–H and O–H groups in total. The Labute approximate surface area is 155 Å². The zero-order chi connectivity index (χ0) is 18.0. The van der Waals surface area contributed by atoms with Crippen LogP contribution in [0.15, 0.2) is 12.1 Å². The van der Waals surface area contributed by atoms with Crippen LogP contribution in [-0.2, 0) is 9.53 Å². The van der Waals surface area contributed by atoms with E-state index in [0.717, 1.165) is 18.4 Å². The Morgan fingerprint density at radius 3 is 2.44 bits per heavy atom. The lowest BCUT2D eigenvalue weighted by Gasteiger charge is -2.20. The van der Waals surface area contributed by atoms with Gasteiger partial charge in [-0.3, -0.25) is 4.79 Å². The molecule has 0 heterocycles. The third kappa shape index (κ3) is 5.27. The van der Waals surface area contributed by atoms with Gasteiger partial charge in [-0.1, -0.05) is 25.4 Å². The maximum atomic E-state index is 12.7. The SMILES string of the molecule is CC(C)CC(C(=O)OCC1CC1)c1cc(Cl)c(N)c(OCC2CC2)c1. The van der Waals surface area contributed by atoms with Gasteiger partial charge in [0.2, 0.25) is 0 Å². The first-order chi connectivity index (χ1) is 11.9. The minimum absolute atomic E-state index is 0.172. The maximum Gasteiger partial charge on any atom is 0.313 e. The Hall–Kier alpha value is -1.42. The highest BCUT2D eigenvalue weighted by Gasteiger charge is 2.29. The largest absolute Gasteiger partial charge is 0.491 e. The number of esters is 1. The fraction of sp³-hybridized carbons (Fsp3) is 0.650. The van der Waals surface area contributed by atoms with Crippen LogP contribution in [0.1, 0.15) is 57.4 Å². The number of rotatable bonds is 9. The summed E-state index contributed by atoms with van der Waals surface area (Å²) in [7, 11) is 0. The van der Waals surface area contributed by atoms with E-state index >= 15 is 0 Å². The van der Waals surface area contributed by atoms with Crippen LogP contribution >= 0.6 is 11.6 Å². The summed E-state index contributed by atoms with van der Waals surface area (Å²) < 4.78 is 11.4. The molecule has 25 heavy (non-hydrogen) atoms. The van der Waals surface area contributed by atoms with Crippen LogP contribution in [0, 0.1) is 17.8 Å². The number of hydrogen-bond donors (Lipinski definition) is 1. The first-order valence-electron chi connectivity index (χ1n) is 9.32. The maximum absolute atomic E-state index is 12.7. The predicted octanol–water partition coefficient (Wildman–Crippen LogP) is 4.79. The number of nitrogen functional groups attached to an aromatic ring is 1. The number of carbonyl (C=O) groups is 1. The summed E-state index contributed by atoms with van der Waals surface area (Å²) in [6.45, 7) is 5.39. The van der Waals surface area contributed by atoms with E-state index in [0.29, 0.717) is 53.8 Å². The lowest BCUT2D eigenvalue weighted by atomic mass is 9.90. The Morgan fingerprint density at radius 1 is 1.20 bits per heavy atom. The molecule has 2 aliphatic rings. The molecular weight excluding hydrogens is 338 g/mol. The Morgan fingerprint density at radius 2 is 1.84 bits per heavy atom. The second-order valence-electron chi connectivity index (χ2n) is 7.92. The van der Waals surface area contributed by atoms with Crippen LogP contribution in [-0.4, -0.2) is 19.2 Å². The van der Waals surface area contributed by atoms with Gasteiger partial charge in [0.1, 0.15) is 5.75 Å². The molecule has 3 rings (SSSR count). The lowest BCUT2D eigenvalue weighted by Crippen LogP contribution is -2.19. The summed E-state index contributed by atoms with van der Waals surface area (Å²) >= 11 is 6.32. The first-order valence-corrected chi connectivity index (χ1v) is 9.70. The molecule has 1 atom stereocenters. The first kappa shape index (κ1) is 18.4. The summed E-state index contributed by atoms with van der Waals surface area (Å²) in [6.07, 6.45) is 5.45. The average Bonchev–Trinajstić information content (AvgIpc) is 3.45. The van der Waals surface area contributed by atoms with Gasteiger partial charge >= 0.3 is 5.97 Å². The predicted molar refractivity (Wildman–Crippen MR) is 100.0 cm³/mol. The molecule has 0 saturated heterocycles. The molecule has 1 aromatic rings. The van der Waals surface area contributed by atoms with E-state index in [-0.39, 0.29) is 11.9 Å². The molecule has 2 aliphatic carbocycles. The number of ether oxygens (including phenoxy) is 2. The molecule has 4 nitrogen and oxygen atoms in total. The van der Waals surface area contributed by atoms with Gasteiger partial charge in [-0.25, -0.2) is 0 Å².